The van der Waals surface area contributed by atoms with Gasteiger partial charge < -0.3 is 9.88 Å². The third-order valence-electron chi connectivity index (χ3n) is 3.80. The summed E-state index contributed by atoms with van der Waals surface area (Å²) in [5.41, 5.74) is 3.53. The van der Waals surface area contributed by atoms with E-state index in [1.165, 1.54) is 6.92 Å². The molecule has 0 atom stereocenters. The minimum absolute atomic E-state index is 0.163. The lowest BCUT2D eigenvalue weighted by atomic mass is 9.97. The van der Waals surface area contributed by atoms with Crippen LogP contribution in [0.4, 0.5) is 5.69 Å². The monoisotopic (exact) mass is 314 g/mol. The highest BCUT2D eigenvalue weighted by molar-refractivity contribution is 5.91. The molecule has 6 nitrogen and oxygen atoms in total. The second-order valence-corrected chi connectivity index (χ2v) is 5.20. The van der Waals surface area contributed by atoms with E-state index in [1.54, 1.807) is 23.2 Å². The number of nitrogens with one attached hydrogen (secondary N) is 1. The first-order valence-electron chi connectivity index (χ1n) is 7.87. The number of pyridine rings is 1. The van der Waals surface area contributed by atoms with Crippen molar-refractivity contribution in [3.63, 3.8) is 0 Å². The number of nitrogens with zero attached hydrogens (tertiary/aromatic N) is 3. The number of carbonyl (C=O) groups is 1. The highest BCUT2D eigenvalue weighted by Crippen LogP contribution is 2.30. The van der Waals surface area contributed by atoms with Crippen LogP contribution in [0.1, 0.15) is 39.0 Å². The van der Waals surface area contributed by atoms with Crippen molar-refractivity contribution >= 4 is 11.6 Å². The summed E-state index contributed by atoms with van der Waals surface area (Å²) < 4.78 is 1.70. The maximum absolute atomic E-state index is 12.8. The summed E-state index contributed by atoms with van der Waals surface area (Å²) in [5, 5.41) is 2.71. The van der Waals surface area contributed by atoms with Crippen LogP contribution in [0.2, 0.25) is 0 Å². The summed E-state index contributed by atoms with van der Waals surface area (Å²) >= 11 is 0. The lowest BCUT2D eigenvalue weighted by Crippen LogP contribution is -2.29. The Morgan fingerprint density at radius 1 is 1.22 bits per heavy atom. The van der Waals surface area contributed by atoms with Crippen LogP contribution in [0.3, 0.4) is 0 Å². The summed E-state index contributed by atoms with van der Waals surface area (Å²) in [6.45, 7) is 7.84. The maximum atomic E-state index is 12.8. The molecule has 2 heterocycles. The number of rotatable bonds is 5. The van der Waals surface area contributed by atoms with Gasteiger partial charge in [0.1, 0.15) is 5.69 Å². The SMILES string of the molecule is CCc1c(-c2cnccn2)c(CC)n(CC)c(=O)c1NC(C)=O. The van der Waals surface area contributed by atoms with Gasteiger partial charge in [0.05, 0.1) is 11.9 Å². The van der Waals surface area contributed by atoms with Crippen molar-refractivity contribution in [1.82, 2.24) is 14.5 Å². The molecule has 0 unspecified atom stereocenters. The molecule has 0 fully saturated rings. The van der Waals surface area contributed by atoms with Gasteiger partial charge in [0.15, 0.2) is 0 Å². The van der Waals surface area contributed by atoms with Gasteiger partial charge in [0.25, 0.3) is 5.56 Å². The van der Waals surface area contributed by atoms with Gasteiger partial charge in [0, 0.05) is 37.1 Å². The fourth-order valence-electron chi connectivity index (χ4n) is 2.91. The lowest BCUT2D eigenvalue weighted by molar-refractivity contribution is -0.114. The molecule has 2 rings (SSSR count). The molecular formula is C17H22N4O2. The molecule has 2 aromatic rings. The molecule has 6 heteroatoms. The van der Waals surface area contributed by atoms with Crippen molar-refractivity contribution in [3.8, 4) is 11.3 Å². The Balaban J connectivity index is 2.92. The van der Waals surface area contributed by atoms with Crippen molar-refractivity contribution in [2.24, 2.45) is 0 Å². The van der Waals surface area contributed by atoms with Crippen LogP contribution in [-0.2, 0) is 24.2 Å². The molecule has 0 radical (unpaired) electrons. The molecular weight excluding hydrogens is 292 g/mol. The van der Waals surface area contributed by atoms with E-state index >= 15 is 0 Å². The number of carbonyl (C=O) groups excluding carboxylic acids is 1. The Hall–Kier alpha value is -2.50. The molecule has 0 aliphatic carbocycles. The highest BCUT2D eigenvalue weighted by atomic mass is 16.2. The molecule has 0 aliphatic heterocycles. The largest absolute Gasteiger partial charge is 0.321 e. The van der Waals surface area contributed by atoms with E-state index in [0.29, 0.717) is 25.1 Å². The summed E-state index contributed by atoms with van der Waals surface area (Å²) in [4.78, 5) is 32.9. The first-order valence-corrected chi connectivity index (χ1v) is 7.87. The van der Waals surface area contributed by atoms with Gasteiger partial charge >= 0.3 is 0 Å². The normalized spacial score (nSPS) is 10.6. The third kappa shape index (κ3) is 3.16. The summed E-state index contributed by atoms with van der Waals surface area (Å²) in [7, 11) is 0. The predicted molar refractivity (Wildman–Crippen MR) is 90.5 cm³/mol. The number of hydrogen-bond donors (Lipinski definition) is 1. The molecule has 0 spiro atoms. The molecule has 0 bridgehead atoms. The quantitative estimate of drug-likeness (QED) is 0.919. The average molecular weight is 314 g/mol. The molecule has 0 aliphatic rings. The van der Waals surface area contributed by atoms with Crippen molar-refractivity contribution in [3.05, 3.63) is 40.2 Å². The zero-order valence-corrected chi connectivity index (χ0v) is 14.0. The van der Waals surface area contributed by atoms with Gasteiger partial charge in [-0.25, -0.2) is 0 Å². The maximum Gasteiger partial charge on any atom is 0.274 e. The Labute approximate surface area is 135 Å². The van der Waals surface area contributed by atoms with Crippen LogP contribution in [-0.4, -0.2) is 20.4 Å². The van der Waals surface area contributed by atoms with E-state index in [0.717, 1.165) is 22.5 Å². The van der Waals surface area contributed by atoms with Crippen LogP contribution in [0, 0.1) is 0 Å². The zero-order valence-electron chi connectivity index (χ0n) is 14.0. The minimum atomic E-state index is -0.256. The van der Waals surface area contributed by atoms with Crippen LogP contribution < -0.4 is 10.9 Å². The minimum Gasteiger partial charge on any atom is -0.321 e. The lowest BCUT2D eigenvalue weighted by Gasteiger charge is -2.21. The molecule has 1 N–H and O–H groups in total. The summed E-state index contributed by atoms with van der Waals surface area (Å²) in [6.07, 6.45) is 6.26. The van der Waals surface area contributed by atoms with Gasteiger partial charge in [-0.3, -0.25) is 19.6 Å². The van der Waals surface area contributed by atoms with Crippen LogP contribution in [0.15, 0.2) is 23.4 Å². The zero-order chi connectivity index (χ0) is 17.0. The van der Waals surface area contributed by atoms with E-state index in [1.807, 2.05) is 20.8 Å². The number of anilines is 1. The molecule has 1 amide bonds. The fraction of sp³-hybridized carbons (Fsp3) is 0.412. The van der Waals surface area contributed by atoms with E-state index in [4.69, 9.17) is 0 Å². The van der Waals surface area contributed by atoms with Crippen LogP contribution >= 0.6 is 0 Å². The van der Waals surface area contributed by atoms with Gasteiger partial charge in [0.2, 0.25) is 5.91 Å². The van der Waals surface area contributed by atoms with E-state index in [2.05, 4.69) is 15.3 Å². The number of aromatic nitrogens is 3. The van der Waals surface area contributed by atoms with Gasteiger partial charge in [-0.1, -0.05) is 13.8 Å². The second-order valence-electron chi connectivity index (χ2n) is 5.20. The molecule has 23 heavy (non-hydrogen) atoms. The fourth-order valence-corrected chi connectivity index (χ4v) is 2.91. The molecule has 122 valence electrons. The van der Waals surface area contributed by atoms with Gasteiger partial charge in [-0.05, 0) is 25.3 Å². The van der Waals surface area contributed by atoms with E-state index in [-0.39, 0.29) is 11.5 Å². The first kappa shape index (κ1) is 16.9. The first-order chi connectivity index (χ1) is 11.0. The second kappa shape index (κ2) is 7.17. The van der Waals surface area contributed by atoms with E-state index < -0.39 is 0 Å². The highest BCUT2D eigenvalue weighted by Gasteiger charge is 2.21. The number of amides is 1. The Kier molecular flexibility index (Phi) is 5.26. The van der Waals surface area contributed by atoms with Gasteiger partial charge in [-0.2, -0.15) is 0 Å². The molecule has 0 saturated heterocycles. The van der Waals surface area contributed by atoms with Crippen molar-refractivity contribution in [1.29, 1.82) is 0 Å². The topological polar surface area (TPSA) is 76.9 Å². The third-order valence-corrected chi connectivity index (χ3v) is 3.80. The van der Waals surface area contributed by atoms with Crippen molar-refractivity contribution in [2.45, 2.75) is 47.1 Å². The predicted octanol–water partition coefficient (Wildman–Crippen LogP) is 2.41. The Bertz CT molecular complexity index is 766. The average Bonchev–Trinajstić information content (AvgIpc) is 2.56. The van der Waals surface area contributed by atoms with Crippen LogP contribution in [0.25, 0.3) is 11.3 Å². The Morgan fingerprint density at radius 3 is 2.43 bits per heavy atom. The Morgan fingerprint density at radius 2 is 1.96 bits per heavy atom. The molecule has 2 aromatic heterocycles. The van der Waals surface area contributed by atoms with Crippen molar-refractivity contribution in [2.75, 3.05) is 5.32 Å². The molecule has 0 aromatic carbocycles. The standard InChI is InChI=1S/C17H22N4O2/c1-5-12-15(13-10-18-8-9-19-13)14(6-2)21(7-3)17(23)16(12)20-11(4)22/h8-10H,5-7H2,1-4H3,(H,20,22). The summed E-state index contributed by atoms with van der Waals surface area (Å²) in [6, 6.07) is 0. The van der Waals surface area contributed by atoms with Crippen molar-refractivity contribution < 1.29 is 4.79 Å². The molecule has 0 saturated carbocycles. The van der Waals surface area contributed by atoms with Gasteiger partial charge in [-0.15, -0.1) is 0 Å². The summed E-state index contributed by atoms with van der Waals surface area (Å²) in [5.74, 6) is -0.256. The number of hydrogen-bond acceptors (Lipinski definition) is 4. The van der Waals surface area contributed by atoms with E-state index in [9.17, 15) is 9.59 Å². The smallest absolute Gasteiger partial charge is 0.274 e. The van der Waals surface area contributed by atoms with Crippen LogP contribution in [0.5, 0.6) is 0 Å².